The summed E-state index contributed by atoms with van der Waals surface area (Å²) in [5.74, 6) is 1.05. The molecule has 0 rings (SSSR count). The van der Waals surface area contributed by atoms with Crippen molar-refractivity contribution in [1.29, 1.82) is 0 Å². The molecule has 0 fully saturated rings. The van der Waals surface area contributed by atoms with Crippen LogP contribution in [-0.4, -0.2) is 17.0 Å². The lowest BCUT2D eigenvalue weighted by Gasteiger charge is -1.90. The van der Waals surface area contributed by atoms with Gasteiger partial charge in [0.25, 0.3) is 0 Å². The second-order valence-electron chi connectivity index (χ2n) is 1.21. The number of rotatable bonds is 3. The predicted octanol–water partition coefficient (Wildman–Crippen LogP) is 1.03. The Morgan fingerprint density at radius 2 is 2.43 bits per heavy atom. The van der Waals surface area contributed by atoms with Crippen molar-refractivity contribution in [2.75, 3.05) is 12.0 Å². The van der Waals surface area contributed by atoms with E-state index in [0.29, 0.717) is 4.99 Å². The summed E-state index contributed by atoms with van der Waals surface area (Å²) in [6.45, 7) is 0. The first kappa shape index (κ1) is 7.24. The Hall–Kier alpha value is 0.240. The van der Waals surface area contributed by atoms with Crippen molar-refractivity contribution in [2.24, 2.45) is 5.73 Å². The molecular weight excluding hydrogens is 126 g/mol. The molecule has 0 aromatic rings. The quantitative estimate of drug-likeness (QED) is 0.585. The molecule has 0 amide bonds. The number of hydrogen-bond donors (Lipinski definition) is 1. The van der Waals surface area contributed by atoms with Crippen molar-refractivity contribution in [3.8, 4) is 0 Å². The van der Waals surface area contributed by atoms with Gasteiger partial charge in [-0.05, 0) is 12.0 Å². The summed E-state index contributed by atoms with van der Waals surface area (Å²) in [5, 5.41) is 0. The highest BCUT2D eigenvalue weighted by atomic mass is 32.2. The third-order valence-electron chi connectivity index (χ3n) is 0.553. The number of thiocarbonyl (C=S) groups is 1. The molecule has 0 aromatic heterocycles. The van der Waals surface area contributed by atoms with E-state index in [4.69, 9.17) is 5.73 Å². The van der Waals surface area contributed by atoms with Crippen molar-refractivity contribution in [1.82, 2.24) is 0 Å². The summed E-state index contributed by atoms with van der Waals surface area (Å²) < 4.78 is 0. The predicted molar refractivity (Wildman–Crippen MR) is 39.8 cm³/mol. The molecule has 0 heterocycles. The summed E-state index contributed by atoms with van der Waals surface area (Å²) in [7, 11) is 0. The molecule has 0 aliphatic heterocycles. The third kappa shape index (κ3) is 6.24. The molecule has 0 saturated carbocycles. The summed E-state index contributed by atoms with van der Waals surface area (Å²) in [6.07, 6.45) is 2.91. The molecule has 0 aliphatic carbocycles. The molecule has 42 valence electrons. The lowest BCUT2D eigenvalue weighted by atomic mass is 10.5. The van der Waals surface area contributed by atoms with Crippen LogP contribution in [0.25, 0.3) is 0 Å². The number of thioether (sulfide) groups is 1. The molecule has 2 N–H and O–H groups in total. The zero-order valence-electron chi connectivity index (χ0n) is 4.31. The minimum absolute atomic E-state index is 0.620. The summed E-state index contributed by atoms with van der Waals surface area (Å²) in [4.78, 5) is 0.620. The normalized spacial score (nSPS) is 8.71. The van der Waals surface area contributed by atoms with Gasteiger partial charge in [0.2, 0.25) is 0 Å². The molecular formula is C4H9NS2. The van der Waals surface area contributed by atoms with E-state index < -0.39 is 0 Å². The van der Waals surface area contributed by atoms with E-state index in [1.54, 1.807) is 11.8 Å². The van der Waals surface area contributed by atoms with Crippen LogP contribution in [0.3, 0.4) is 0 Å². The van der Waals surface area contributed by atoms with Crippen LogP contribution in [-0.2, 0) is 0 Å². The summed E-state index contributed by atoms with van der Waals surface area (Å²) in [6, 6.07) is 0. The van der Waals surface area contributed by atoms with Crippen LogP contribution >= 0.6 is 24.0 Å². The second-order valence-corrected chi connectivity index (χ2v) is 2.72. The first-order valence-electron chi connectivity index (χ1n) is 2.04. The Labute approximate surface area is 53.7 Å². The zero-order chi connectivity index (χ0) is 5.70. The smallest absolute Gasteiger partial charge is 0.0735 e. The van der Waals surface area contributed by atoms with Crippen LogP contribution in [0.2, 0.25) is 0 Å². The van der Waals surface area contributed by atoms with Crippen LogP contribution in [0.1, 0.15) is 6.42 Å². The van der Waals surface area contributed by atoms with Gasteiger partial charge in [0.1, 0.15) is 0 Å². The van der Waals surface area contributed by atoms with Crippen LogP contribution in [0.5, 0.6) is 0 Å². The molecule has 0 saturated heterocycles. The molecule has 0 bridgehead atoms. The van der Waals surface area contributed by atoms with E-state index in [2.05, 4.69) is 12.2 Å². The van der Waals surface area contributed by atoms with Gasteiger partial charge in [0, 0.05) is 6.42 Å². The van der Waals surface area contributed by atoms with Crippen molar-refractivity contribution in [3.05, 3.63) is 0 Å². The van der Waals surface area contributed by atoms with E-state index in [1.165, 1.54) is 0 Å². The third-order valence-corrected chi connectivity index (χ3v) is 1.37. The monoisotopic (exact) mass is 135 g/mol. The van der Waals surface area contributed by atoms with Gasteiger partial charge in [-0.25, -0.2) is 0 Å². The van der Waals surface area contributed by atoms with Crippen molar-refractivity contribution in [3.63, 3.8) is 0 Å². The molecule has 7 heavy (non-hydrogen) atoms. The molecule has 1 nitrogen and oxygen atoms in total. The van der Waals surface area contributed by atoms with Crippen molar-refractivity contribution in [2.45, 2.75) is 6.42 Å². The lowest BCUT2D eigenvalue weighted by molar-refractivity contribution is 1.32. The van der Waals surface area contributed by atoms with Crippen LogP contribution in [0, 0.1) is 0 Å². The molecule has 0 unspecified atom stereocenters. The Bertz CT molecular complexity index is 62.7. The van der Waals surface area contributed by atoms with Gasteiger partial charge in [-0.3, -0.25) is 0 Å². The first-order valence-corrected chi connectivity index (χ1v) is 3.85. The fraction of sp³-hybridized carbons (Fsp3) is 0.750. The largest absolute Gasteiger partial charge is 0.393 e. The van der Waals surface area contributed by atoms with Gasteiger partial charge in [-0.1, -0.05) is 12.2 Å². The van der Waals surface area contributed by atoms with Crippen molar-refractivity contribution < 1.29 is 0 Å². The minimum atomic E-state index is 0.620. The van der Waals surface area contributed by atoms with Gasteiger partial charge in [-0.2, -0.15) is 11.8 Å². The van der Waals surface area contributed by atoms with Gasteiger partial charge >= 0.3 is 0 Å². The maximum Gasteiger partial charge on any atom is 0.0735 e. The fourth-order valence-electron chi connectivity index (χ4n) is 0.203. The standard InChI is InChI=1S/C4H9NS2/c1-7-3-2-4(5)6/h2-3H2,1H3,(H2,5,6). The Morgan fingerprint density at radius 1 is 1.86 bits per heavy atom. The molecule has 0 aliphatic rings. The second kappa shape index (κ2) is 4.40. The highest BCUT2D eigenvalue weighted by Crippen LogP contribution is 1.93. The zero-order valence-corrected chi connectivity index (χ0v) is 5.94. The Morgan fingerprint density at radius 3 is 2.57 bits per heavy atom. The average molecular weight is 135 g/mol. The number of hydrogen-bond acceptors (Lipinski definition) is 2. The molecule has 0 radical (unpaired) electrons. The Kier molecular flexibility index (Phi) is 4.55. The van der Waals surface area contributed by atoms with Crippen LogP contribution < -0.4 is 5.73 Å². The summed E-state index contributed by atoms with van der Waals surface area (Å²) in [5.41, 5.74) is 5.20. The fourth-order valence-corrected chi connectivity index (χ4v) is 0.858. The summed E-state index contributed by atoms with van der Waals surface area (Å²) >= 11 is 6.39. The van der Waals surface area contributed by atoms with Gasteiger partial charge < -0.3 is 5.73 Å². The van der Waals surface area contributed by atoms with Crippen LogP contribution in [0.4, 0.5) is 0 Å². The lowest BCUT2D eigenvalue weighted by Crippen LogP contribution is -2.07. The van der Waals surface area contributed by atoms with E-state index in [1.807, 2.05) is 6.26 Å². The van der Waals surface area contributed by atoms with E-state index in [-0.39, 0.29) is 0 Å². The Balaban J connectivity index is 2.82. The number of nitrogens with two attached hydrogens (primary N) is 1. The molecule has 3 heteroatoms. The van der Waals surface area contributed by atoms with Gasteiger partial charge in [0.15, 0.2) is 0 Å². The van der Waals surface area contributed by atoms with E-state index in [9.17, 15) is 0 Å². The van der Waals surface area contributed by atoms with Crippen LogP contribution in [0.15, 0.2) is 0 Å². The van der Waals surface area contributed by atoms with Gasteiger partial charge in [-0.15, -0.1) is 0 Å². The van der Waals surface area contributed by atoms with E-state index >= 15 is 0 Å². The topological polar surface area (TPSA) is 26.0 Å². The minimum Gasteiger partial charge on any atom is -0.393 e. The molecule has 0 spiro atoms. The first-order chi connectivity index (χ1) is 3.27. The highest BCUT2D eigenvalue weighted by molar-refractivity contribution is 7.98. The molecule has 0 atom stereocenters. The average Bonchev–Trinajstić information content (AvgIpc) is 1.61. The SMILES string of the molecule is CSCCC(N)=S. The highest BCUT2D eigenvalue weighted by Gasteiger charge is 1.84. The van der Waals surface area contributed by atoms with E-state index in [0.717, 1.165) is 12.2 Å². The molecule has 0 aromatic carbocycles. The maximum absolute atomic E-state index is 5.20. The van der Waals surface area contributed by atoms with Gasteiger partial charge in [0.05, 0.1) is 4.99 Å². The van der Waals surface area contributed by atoms with Crippen molar-refractivity contribution >= 4 is 29.0 Å². The maximum atomic E-state index is 5.20.